The van der Waals surface area contributed by atoms with Crippen molar-refractivity contribution in [3.05, 3.63) is 48.5 Å². The first-order valence-corrected chi connectivity index (χ1v) is 9.81. The van der Waals surface area contributed by atoms with Crippen molar-refractivity contribution in [2.24, 2.45) is 0 Å². The molecule has 1 unspecified atom stereocenters. The van der Waals surface area contributed by atoms with Crippen LogP contribution in [-0.2, 0) is 9.59 Å². The Balaban J connectivity index is 1.56. The van der Waals surface area contributed by atoms with Crippen molar-refractivity contribution in [1.29, 1.82) is 0 Å². The minimum atomic E-state index is -0.422. The summed E-state index contributed by atoms with van der Waals surface area (Å²) < 4.78 is 0. The molecule has 2 aromatic carbocycles. The molecule has 148 valence electrons. The molecule has 3 N–H and O–H groups in total. The quantitative estimate of drug-likeness (QED) is 0.706. The van der Waals surface area contributed by atoms with Crippen molar-refractivity contribution in [2.75, 3.05) is 33.9 Å². The van der Waals surface area contributed by atoms with E-state index in [1.165, 1.54) is 31.9 Å². The molecular weight excluding hydrogens is 352 g/mol. The van der Waals surface area contributed by atoms with E-state index < -0.39 is 6.04 Å². The monoisotopic (exact) mass is 380 g/mol. The van der Waals surface area contributed by atoms with Gasteiger partial charge < -0.3 is 20.9 Å². The molecule has 1 saturated heterocycles. The van der Waals surface area contributed by atoms with E-state index in [-0.39, 0.29) is 11.8 Å². The minimum absolute atomic E-state index is 0.115. The predicted molar refractivity (Wildman–Crippen MR) is 115 cm³/mol. The number of amides is 2. The standard InChI is InChI=1S/C22H28N4O2/c1-16(23-19-7-6-8-20(15-19)24-17(2)27)22(28)25-18-9-11-21(12-10-18)26-13-4-3-5-14-26/h6-12,15-16,23H,3-5,13-14H2,1-2H3,(H,24,27)(H,25,28). The van der Waals surface area contributed by atoms with Crippen molar-refractivity contribution in [3.8, 4) is 0 Å². The van der Waals surface area contributed by atoms with Gasteiger partial charge in [-0.2, -0.15) is 0 Å². The summed E-state index contributed by atoms with van der Waals surface area (Å²) in [7, 11) is 0. The smallest absolute Gasteiger partial charge is 0.246 e. The summed E-state index contributed by atoms with van der Waals surface area (Å²) in [5.74, 6) is -0.244. The molecule has 1 atom stereocenters. The van der Waals surface area contributed by atoms with Gasteiger partial charge in [0.05, 0.1) is 0 Å². The van der Waals surface area contributed by atoms with Gasteiger partial charge in [-0.1, -0.05) is 6.07 Å². The fourth-order valence-electron chi connectivity index (χ4n) is 3.36. The van der Waals surface area contributed by atoms with Gasteiger partial charge in [0.15, 0.2) is 0 Å². The zero-order valence-electron chi connectivity index (χ0n) is 16.5. The van der Waals surface area contributed by atoms with E-state index in [0.717, 1.165) is 24.5 Å². The van der Waals surface area contributed by atoms with Crippen LogP contribution >= 0.6 is 0 Å². The third-order valence-electron chi connectivity index (χ3n) is 4.82. The molecule has 3 rings (SSSR count). The first-order valence-electron chi connectivity index (χ1n) is 9.81. The van der Waals surface area contributed by atoms with Crippen LogP contribution in [0, 0.1) is 0 Å². The molecule has 1 aliphatic heterocycles. The number of carbonyl (C=O) groups excluding carboxylic acids is 2. The zero-order valence-corrected chi connectivity index (χ0v) is 16.5. The minimum Gasteiger partial charge on any atom is -0.374 e. The molecule has 0 aliphatic carbocycles. The summed E-state index contributed by atoms with van der Waals surface area (Å²) in [6, 6.07) is 14.9. The molecule has 1 aliphatic rings. The Morgan fingerprint density at radius 3 is 2.25 bits per heavy atom. The number of hydrogen-bond donors (Lipinski definition) is 3. The van der Waals surface area contributed by atoms with E-state index in [1.54, 1.807) is 12.1 Å². The topological polar surface area (TPSA) is 73.5 Å². The third-order valence-corrected chi connectivity index (χ3v) is 4.82. The number of benzene rings is 2. The van der Waals surface area contributed by atoms with Crippen LogP contribution in [0.4, 0.5) is 22.7 Å². The van der Waals surface area contributed by atoms with E-state index in [0.29, 0.717) is 5.69 Å². The summed E-state index contributed by atoms with van der Waals surface area (Å²) in [6.45, 7) is 5.48. The predicted octanol–water partition coefficient (Wildman–Crippen LogP) is 4.07. The molecule has 2 aromatic rings. The van der Waals surface area contributed by atoms with Crippen molar-refractivity contribution in [3.63, 3.8) is 0 Å². The second-order valence-corrected chi connectivity index (χ2v) is 7.21. The van der Waals surface area contributed by atoms with Gasteiger partial charge in [-0.25, -0.2) is 0 Å². The molecule has 2 amide bonds. The highest BCUT2D eigenvalue weighted by molar-refractivity contribution is 5.96. The summed E-state index contributed by atoms with van der Waals surface area (Å²) in [5, 5.41) is 8.85. The highest BCUT2D eigenvalue weighted by Crippen LogP contribution is 2.22. The average molecular weight is 380 g/mol. The van der Waals surface area contributed by atoms with Gasteiger partial charge in [0, 0.05) is 42.8 Å². The molecule has 0 radical (unpaired) electrons. The molecule has 1 fully saturated rings. The Labute approximate surface area is 166 Å². The van der Waals surface area contributed by atoms with Crippen LogP contribution < -0.4 is 20.9 Å². The van der Waals surface area contributed by atoms with Gasteiger partial charge in [0.25, 0.3) is 0 Å². The highest BCUT2D eigenvalue weighted by Gasteiger charge is 2.14. The van der Waals surface area contributed by atoms with E-state index in [2.05, 4.69) is 33.0 Å². The van der Waals surface area contributed by atoms with Crippen LogP contribution in [0.1, 0.15) is 33.1 Å². The Morgan fingerprint density at radius 2 is 1.57 bits per heavy atom. The lowest BCUT2D eigenvalue weighted by molar-refractivity contribution is -0.116. The molecule has 0 bridgehead atoms. The molecule has 28 heavy (non-hydrogen) atoms. The van der Waals surface area contributed by atoms with Crippen LogP contribution in [0.3, 0.4) is 0 Å². The summed E-state index contributed by atoms with van der Waals surface area (Å²) in [6.07, 6.45) is 3.79. The molecule has 1 heterocycles. The fraction of sp³-hybridized carbons (Fsp3) is 0.364. The van der Waals surface area contributed by atoms with Gasteiger partial charge in [0.1, 0.15) is 6.04 Å². The summed E-state index contributed by atoms with van der Waals surface area (Å²) in [4.78, 5) is 26.1. The van der Waals surface area contributed by atoms with E-state index in [4.69, 9.17) is 0 Å². The van der Waals surface area contributed by atoms with Crippen molar-refractivity contribution >= 4 is 34.6 Å². The maximum Gasteiger partial charge on any atom is 0.246 e. The number of anilines is 4. The fourth-order valence-corrected chi connectivity index (χ4v) is 3.36. The van der Waals surface area contributed by atoms with Crippen LogP contribution in [0.5, 0.6) is 0 Å². The summed E-state index contributed by atoms with van der Waals surface area (Å²) >= 11 is 0. The number of hydrogen-bond acceptors (Lipinski definition) is 4. The van der Waals surface area contributed by atoms with Crippen molar-refractivity contribution < 1.29 is 9.59 Å². The Bertz CT molecular complexity index is 814. The molecular formula is C22H28N4O2. The van der Waals surface area contributed by atoms with Crippen LogP contribution in [0.2, 0.25) is 0 Å². The molecule has 0 aromatic heterocycles. The second-order valence-electron chi connectivity index (χ2n) is 7.21. The SMILES string of the molecule is CC(=O)Nc1cccc(NC(C)C(=O)Nc2ccc(N3CCCCC3)cc2)c1. The normalized spacial score (nSPS) is 14.9. The van der Waals surface area contributed by atoms with Crippen molar-refractivity contribution in [2.45, 2.75) is 39.2 Å². The number of nitrogens with one attached hydrogen (secondary N) is 3. The van der Waals surface area contributed by atoms with Crippen LogP contribution in [0.15, 0.2) is 48.5 Å². The van der Waals surface area contributed by atoms with Crippen molar-refractivity contribution in [1.82, 2.24) is 0 Å². The van der Waals surface area contributed by atoms with Crippen LogP contribution in [-0.4, -0.2) is 30.9 Å². The second kappa shape index (κ2) is 9.26. The molecule has 0 spiro atoms. The molecule has 0 saturated carbocycles. The summed E-state index contributed by atoms with van der Waals surface area (Å²) in [5.41, 5.74) is 3.46. The lowest BCUT2D eigenvalue weighted by Gasteiger charge is -2.28. The van der Waals surface area contributed by atoms with E-state index in [9.17, 15) is 9.59 Å². The average Bonchev–Trinajstić information content (AvgIpc) is 2.69. The third kappa shape index (κ3) is 5.49. The van der Waals surface area contributed by atoms with Gasteiger partial charge in [-0.15, -0.1) is 0 Å². The first kappa shape index (κ1) is 19.7. The van der Waals surface area contributed by atoms with Gasteiger partial charge in [0.2, 0.25) is 11.8 Å². The Hall–Kier alpha value is -3.02. The van der Waals surface area contributed by atoms with Gasteiger partial charge in [-0.05, 0) is 68.7 Å². The number of nitrogens with zero attached hydrogens (tertiary/aromatic N) is 1. The molecule has 6 nitrogen and oxygen atoms in total. The first-order chi connectivity index (χ1) is 13.5. The van der Waals surface area contributed by atoms with Crippen LogP contribution in [0.25, 0.3) is 0 Å². The van der Waals surface area contributed by atoms with Gasteiger partial charge in [-0.3, -0.25) is 9.59 Å². The maximum atomic E-state index is 12.5. The van der Waals surface area contributed by atoms with Gasteiger partial charge >= 0.3 is 0 Å². The Kier molecular flexibility index (Phi) is 6.53. The zero-order chi connectivity index (χ0) is 19.9. The highest BCUT2D eigenvalue weighted by atomic mass is 16.2. The van der Waals surface area contributed by atoms with E-state index in [1.807, 2.05) is 31.2 Å². The maximum absolute atomic E-state index is 12.5. The number of piperidine rings is 1. The lowest BCUT2D eigenvalue weighted by atomic mass is 10.1. The van der Waals surface area contributed by atoms with E-state index >= 15 is 0 Å². The Morgan fingerprint density at radius 1 is 0.893 bits per heavy atom. The number of carbonyl (C=O) groups is 2. The lowest BCUT2D eigenvalue weighted by Crippen LogP contribution is -2.32. The molecule has 6 heteroatoms. The largest absolute Gasteiger partial charge is 0.374 e. The number of rotatable bonds is 6.